The molecule has 2 rings (SSSR count). The summed E-state index contributed by atoms with van der Waals surface area (Å²) in [5, 5.41) is 7.51. The number of halogens is 3. The van der Waals surface area contributed by atoms with Gasteiger partial charge in [-0.3, -0.25) is 9.59 Å². The molecule has 27 heavy (non-hydrogen) atoms. The number of hydrogen-bond acceptors (Lipinski definition) is 6. The predicted molar refractivity (Wildman–Crippen MR) is 90.1 cm³/mol. The Kier molecular flexibility index (Phi) is 7.04. The number of carbonyl (C=O) groups is 2. The van der Waals surface area contributed by atoms with Gasteiger partial charge < -0.3 is 4.74 Å². The molecule has 0 amide bonds. The molecule has 1 aromatic rings. The van der Waals surface area contributed by atoms with E-state index in [2.05, 4.69) is 15.2 Å². The van der Waals surface area contributed by atoms with Crippen LogP contribution in [0.2, 0.25) is 0 Å². The molecule has 6 nitrogen and oxygen atoms in total. The van der Waals surface area contributed by atoms with Crippen molar-refractivity contribution in [1.82, 2.24) is 15.2 Å². The molecule has 0 saturated carbocycles. The Balaban J connectivity index is 2.41. The van der Waals surface area contributed by atoms with Gasteiger partial charge in [0.15, 0.2) is 5.78 Å². The van der Waals surface area contributed by atoms with E-state index in [0.29, 0.717) is 18.5 Å². The summed E-state index contributed by atoms with van der Waals surface area (Å²) in [5.74, 6) is -3.59. The summed E-state index contributed by atoms with van der Waals surface area (Å²) in [4.78, 5) is 28.6. The highest BCUT2D eigenvalue weighted by atomic mass is 19.4. The van der Waals surface area contributed by atoms with Gasteiger partial charge in [0.05, 0.1) is 17.2 Å². The second-order valence-corrected chi connectivity index (χ2v) is 6.41. The standard InChI is InChI=1S/C18H22F3N3O3/c1-3-5-6-7-15(26)27-14-9-11(18(19,20)21)8-13(25)16(14)17-12(4-2)22-10-23-24-17/h10-11H,3-9H2,1-2H3. The first-order chi connectivity index (χ1) is 12.8. The number of rotatable bonds is 7. The molecule has 1 aliphatic rings. The van der Waals surface area contributed by atoms with Gasteiger partial charge in [-0.05, 0) is 12.8 Å². The number of ketones is 1. The lowest BCUT2D eigenvalue weighted by atomic mass is 9.84. The highest BCUT2D eigenvalue weighted by Crippen LogP contribution is 2.41. The number of hydrogen-bond donors (Lipinski definition) is 0. The van der Waals surface area contributed by atoms with Crippen LogP contribution in [0.4, 0.5) is 13.2 Å². The quantitative estimate of drug-likeness (QED) is 0.524. The third-order valence-corrected chi connectivity index (χ3v) is 4.37. The van der Waals surface area contributed by atoms with Crippen LogP contribution in [0.3, 0.4) is 0 Å². The lowest BCUT2D eigenvalue weighted by molar-refractivity contribution is -0.181. The number of nitrogens with zero attached hydrogens (tertiary/aromatic N) is 3. The second-order valence-electron chi connectivity index (χ2n) is 6.41. The van der Waals surface area contributed by atoms with E-state index in [4.69, 9.17) is 4.74 Å². The van der Waals surface area contributed by atoms with Crippen LogP contribution < -0.4 is 0 Å². The van der Waals surface area contributed by atoms with Crippen molar-refractivity contribution in [2.24, 2.45) is 5.92 Å². The average Bonchev–Trinajstić information content (AvgIpc) is 2.61. The summed E-state index contributed by atoms with van der Waals surface area (Å²) in [5.41, 5.74) is 0.386. The zero-order valence-electron chi connectivity index (χ0n) is 15.3. The molecule has 0 saturated heterocycles. The zero-order chi connectivity index (χ0) is 20.0. The molecule has 1 aliphatic carbocycles. The number of esters is 1. The number of alkyl halides is 3. The lowest BCUT2D eigenvalue weighted by Crippen LogP contribution is -2.32. The van der Waals surface area contributed by atoms with Crippen molar-refractivity contribution in [3.63, 3.8) is 0 Å². The van der Waals surface area contributed by atoms with Crippen LogP contribution in [0.25, 0.3) is 5.57 Å². The Labute approximate surface area is 155 Å². The Bertz CT molecular complexity index is 732. The maximum absolute atomic E-state index is 13.2. The van der Waals surface area contributed by atoms with Crippen molar-refractivity contribution in [3.05, 3.63) is 23.5 Å². The van der Waals surface area contributed by atoms with E-state index < -0.39 is 36.7 Å². The molecule has 1 heterocycles. The highest BCUT2D eigenvalue weighted by Gasteiger charge is 2.46. The Morgan fingerprint density at radius 2 is 2.00 bits per heavy atom. The monoisotopic (exact) mass is 385 g/mol. The van der Waals surface area contributed by atoms with Crippen LogP contribution in [0.5, 0.6) is 0 Å². The predicted octanol–water partition coefficient (Wildman–Crippen LogP) is 3.81. The number of allylic oxidation sites excluding steroid dienone is 2. The normalized spacial score (nSPS) is 18.0. The largest absolute Gasteiger partial charge is 0.430 e. The number of unbranched alkanes of at least 4 members (excludes halogenated alkanes) is 2. The fraction of sp³-hybridized carbons (Fsp3) is 0.611. The molecule has 0 bridgehead atoms. The van der Waals surface area contributed by atoms with Gasteiger partial charge >= 0.3 is 12.1 Å². The van der Waals surface area contributed by atoms with Gasteiger partial charge in [0, 0.05) is 19.3 Å². The first kappa shape index (κ1) is 21.0. The molecule has 0 spiro atoms. The van der Waals surface area contributed by atoms with Crippen LogP contribution in [0.1, 0.15) is 63.8 Å². The highest BCUT2D eigenvalue weighted by molar-refractivity contribution is 6.22. The van der Waals surface area contributed by atoms with Crippen molar-refractivity contribution in [3.8, 4) is 0 Å². The second kappa shape index (κ2) is 9.05. The van der Waals surface area contributed by atoms with Crippen molar-refractivity contribution in [1.29, 1.82) is 0 Å². The van der Waals surface area contributed by atoms with Gasteiger partial charge in [0.1, 0.15) is 17.8 Å². The van der Waals surface area contributed by atoms with Crippen LogP contribution in [-0.4, -0.2) is 33.1 Å². The molecule has 1 unspecified atom stereocenters. The number of ether oxygens (including phenoxy) is 1. The fourth-order valence-electron chi connectivity index (χ4n) is 2.93. The van der Waals surface area contributed by atoms with Gasteiger partial charge in [-0.2, -0.15) is 13.2 Å². The van der Waals surface area contributed by atoms with Crippen molar-refractivity contribution < 1.29 is 27.5 Å². The fourth-order valence-corrected chi connectivity index (χ4v) is 2.93. The zero-order valence-corrected chi connectivity index (χ0v) is 15.3. The van der Waals surface area contributed by atoms with E-state index in [1.807, 2.05) is 6.92 Å². The first-order valence-electron chi connectivity index (χ1n) is 8.98. The van der Waals surface area contributed by atoms with Crippen molar-refractivity contribution in [2.45, 2.75) is 65.0 Å². The molecule has 9 heteroatoms. The molecule has 0 radical (unpaired) electrons. The van der Waals surface area contributed by atoms with E-state index in [0.717, 1.165) is 12.8 Å². The first-order valence-corrected chi connectivity index (χ1v) is 8.98. The van der Waals surface area contributed by atoms with Crippen LogP contribution in [0.15, 0.2) is 12.1 Å². The maximum Gasteiger partial charge on any atom is 0.392 e. The molecular weight excluding hydrogens is 363 g/mol. The average molecular weight is 385 g/mol. The van der Waals surface area contributed by atoms with E-state index in [1.165, 1.54) is 6.33 Å². The summed E-state index contributed by atoms with van der Waals surface area (Å²) < 4.78 is 44.8. The minimum absolute atomic E-state index is 0.0782. The van der Waals surface area contributed by atoms with Gasteiger partial charge in [-0.1, -0.05) is 26.7 Å². The van der Waals surface area contributed by atoms with E-state index in [1.54, 1.807) is 6.92 Å². The maximum atomic E-state index is 13.2. The Morgan fingerprint density at radius 3 is 2.63 bits per heavy atom. The van der Waals surface area contributed by atoms with E-state index in [9.17, 15) is 22.8 Å². The number of aryl methyl sites for hydroxylation is 1. The van der Waals surface area contributed by atoms with E-state index >= 15 is 0 Å². The molecule has 1 atom stereocenters. The summed E-state index contributed by atoms with van der Waals surface area (Å²) >= 11 is 0. The molecule has 0 aromatic carbocycles. The van der Waals surface area contributed by atoms with Gasteiger partial charge in [-0.25, -0.2) is 4.98 Å². The molecule has 0 fully saturated rings. The minimum Gasteiger partial charge on any atom is -0.430 e. The Morgan fingerprint density at radius 1 is 1.26 bits per heavy atom. The van der Waals surface area contributed by atoms with E-state index in [-0.39, 0.29) is 23.4 Å². The third-order valence-electron chi connectivity index (χ3n) is 4.37. The van der Waals surface area contributed by atoms with Gasteiger partial charge in [0.2, 0.25) is 0 Å². The topological polar surface area (TPSA) is 82.0 Å². The molecule has 148 valence electrons. The smallest absolute Gasteiger partial charge is 0.392 e. The van der Waals surface area contributed by atoms with Crippen LogP contribution >= 0.6 is 0 Å². The minimum atomic E-state index is -4.56. The number of Topliss-reactive ketones (excluding diaryl/α,β-unsaturated/α-hetero) is 1. The molecular formula is C18H22F3N3O3. The van der Waals surface area contributed by atoms with Gasteiger partial charge in [0.25, 0.3) is 0 Å². The third kappa shape index (κ3) is 5.33. The van der Waals surface area contributed by atoms with Crippen LogP contribution in [-0.2, 0) is 20.7 Å². The summed E-state index contributed by atoms with van der Waals surface area (Å²) in [6.45, 7) is 3.74. The van der Waals surface area contributed by atoms with Crippen LogP contribution in [0, 0.1) is 5.92 Å². The van der Waals surface area contributed by atoms with Gasteiger partial charge in [-0.15, -0.1) is 10.2 Å². The SMILES string of the molecule is CCCCCC(=O)OC1=C(c2nncnc2CC)C(=O)CC(C(F)(F)F)C1. The summed E-state index contributed by atoms with van der Waals surface area (Å²) in [6.07, 6.45) is -1.90. The summed E-state index contributed by atoms with van der Waals surface area (Å²) in [6, 6.07) is 0. The Hall–Kier alpha value is -2.32. The lowest BCUT2D eigenvalue weighted by Gasteiger charge is -2.27. The van der Waals surface area contributed by atoms with Crippen molar-refractivity contribution >= 4 is 17.3 Å². The molecule has 0 N–H and O–H groups in total. The molecule has 0 aliphatic heterocycles. The number of aromatic nitrogens is 3. The number of carbonyl (C=O) groups excluding carboxylic acids is 2. The van der Waals surface area contributed by atoms with Crippen molar-refractivity contribution in [2.75, 3.05) is 0 Å². The summed E-state index contributed by atoms with van der Waals surface area (Å²) in [7, 11) is 0. The molecule has 1 aromatic heterocycles.